The van der Waals surface area contributed by atoms with E-state index in [2.05, 4.69) is 11.9 Å². The zero-order valence-corrected chi connectivity index (χ0v) is 24.2. The Morgan fingerprint density at radius 3 is 2.62 bits per heavy atom. The van der Waals surface area contributed by atoms with Gasteiger partial charge in [-0.25, -0.2) is 4.39 Å². The van der Waals surface area contributed by atoms with Gasteiger partial charge >= 0.3 is 0 Å². The van der Waals surface area contributed by atoms with Gasteiger partial charge < -0.3 is 29.9 Å². The van der Waals surface area contributed by atoms with E-state index in [4.69, 9.17) is 9.47 Å². The molecule has 3 rings (SSSR count). The molecule has 1 aliphatic rings. The zero-order valence-electron chi connectivity index (χ0n) is 22.0. The number of carbonyl (C=O) groups is 3. The number of aldehydes is 1. The molecule has 11 heteroatoms. The summed E-state index contributed by atoms with van der Waals surface area (Å²) in [5.41, 5.74) is 1.26. The third-order valence-electron chi connectivity index (χ3n) is 6.41. The van der Waals surface area contributed by atoms with Crippen LogP contribution in [0.2, 0.25) is 0 Å². The highest BCUT2D eigenvalue weighted by atomic mass is 127. The normalized spacial score (nSPS) is 18.3. The van der Waals surface area contributed by atoms with Gasteiger partial charge in [0.15, 0.2) is 11.5 Å². The number of rotatable bonds is 13. The van der Waals surface area contributed by atoms with Crippen molar-refractivity contribution in [1.82, 2.24) is 10.2 Å². The van der Waals surface area contributed by atoms with Crippen LogP contribution in [0.3, 0.4) is 0 Å². The summed E-state index contributed by atoms with van der Waals surface area (Å²) in [5.74, 6) is -0.667. The van der Waals surface area contributed by atoms with E-state index in [0.717, 1.165) is 0 Å². The Morgan fingerprint density at radius 2 is 2.00 bits per heavy atom. The van der Waals surface area contributed by atoms with Gasteiger partial charge in [-0.2, -0.15) is 0 Å². The summed E-state index contributed by atoms with van der Waals surface area (Å²) in [6.07, 6.45) is 1.95. The van der Waals surface area contributed by atoms with E-state index in [-0.39, 0.29) is 55.5 Å². The van der Waals surface area contributed by atoms with Crippen LogP contribution in [0.25, 0.3) is 0 Å². The predicted octanol–water partition coefficient (Wildman–Crippen LogP) is 3.16. The zero-order chi connectivity index (χ0) is 29.2. The molecule has 9 nitrogen and oxygen atoms in total. The van der Waals surface area contributed by atoms with E-state index < -0.39 is 30.0 Å². The molecule has 0 spiro atoms. The second kappa shape index (κ2) is 14.9. The van der Waals surface area contributed by atoms with Crippen LogP contribution in [0.5, 0.6) is 11.5 Å². The second-order valence-electron chi connectivity index (χ2n) is 9.14. The number of nitrogens with zero attached hydrogens (tertiary/aromatic N) is 1. The Morgan fingerprint density at radius 1 is 1.27 bits per heavy atom. The van der Waals surface area contributed by atoms with Crippen LogP contribution < -0.4 is 14.8 Å². The first-order valence-electron chi connectivity index (χ1n) is 12.6. The summed E-state index contributed by atoms with van der Waals surface area (Å²) in [7, 11) is 1.42. The maximum atomic E-state index is 13.6. The third-order valence-corrected chi connectivity index (χ3v) is 7.21. The summed E-state index contributed by atoms with van der Waals surface area (Å²) >= 11 is 1.98. The van der Waals surface area contributed by atoms with Gasteiger partial charge in [-0.1, -0.05) is 18.2 Å². The summed E-state index contributed by atoms with van der Waals surface area (Å²) in [5, 5.41) is 23.4. The fourth-order valence-electron chi connectivity index (χ4n) is 4.38. The van der Waals surface area contributed by atoms with Crippen LogP contribution in [0, 0.1) is 9.39 Å². The van der Waals surface area contributed by atoms with Gasteiger partial charge in [0, 0.05) is 37.1 Å². The lowest BCUT2D eigenvalue weighted by Crippen LogP contribution is -2.54. The monoisotopic (exact) mass is 666 g/mol. The first-order chi connectivity index (χ1) is 19.2. The van der Waals surface area contributed by atoms with Crippen molar-refractivity contribution < 1.29 is 38.5 Å². The number of carbonyl (C=O) groups excluding carboxylic acids is 3. The van der Waals surface area contributed by atoms with Crippen molar-refractivity contribution in [3.8, 4) is 11.5 Å². The average molecular weight is 666 g/mol. The molecule has 0 saturated heterocycles. The smallest absolute Gasteiger partial charge is 0.247 e. The van der Waals surface area contributed by atoms with Crippen LogP contribution in [-0.2, 0) is 16.1 Å². The van der Waals surface area contributed by atoms with Crippen molar-refractivity contribution in [1.29, 1.82) is 0 Å². The molecule has 0 radical (unpaired) electrons. The maximum absolute atomic E-state index is 13.6. The molecule has 3 atom stereocenters. The molecule has 2 amide bonds. The minimum atomic E-state index is -1.27. The van der Waals surface area contributed by atoms with Crippen molar-refractivity contribution in [2.45, 2.75) is 44.1 Å². The van der Waals surface area contributed by atoms with Crippen molar-refractivity contribution in [2.24, 2.45) is 0 Å². The molecule has 0 unspecified atom stereocenters. The Labute approximate surface area is 245 Å². The largest absolute Gasteiger partial charge is 0.493 e. The Kier molecular flexibility index (Phi) is 11.6. The molecule has 1 aliphatic carbocycles. The van der Waals surface area contributed by atoms with Crippen LogP contribution in [-0.4, -0.2) is 71.7 Å². The summed E-state index contributed by atoms with van der Waals surface area (Å²) in [6.45, 7) is 3.49. The SMILES string of the molecule is C=CCCC(=O)N(Cc1ccc(F)cc1)[C@@H]1CC(C(=O)NCCO)=C[C@H](Oc2c(I)cc(C=O)cc2OC)[C@H]1O. The number of ether oxygens (including phenoxy) is 2. The lowest BCUT2D eigenvalue weighted by atomic mass is 9.87. The van der Waals surface area contributed by atoms with E-state index >= 15 is 0 Å². The molecule has 0 saturated carbocycles. The molecule has 214 valence electrons. The molecule has 0 heterocycles. The number of amides is 2. The van der Waals surface area contributed by atoms with Gasteiger partial charge in [0.25, 0.3) is 0 Å². The second-order valence-corrected chi connectivity index (χ2v) is 10.3. The van der Waals surface area contributed by atoms with Gasteiger partial charge in [0.05, 0.1) is 23.3 Å². The molecule has 40 heavy (non-hydrogen) atoms. The first-order valence-corrected chi connectivity index (χ1v) is 13.7. The number of hydrogen-bond donors (Lipinski definition) is 3. The number of allylic oxidation sites excluding steroid dienone is 1. The van der Waals surface area contributed by atoms with Crippen molar-refractivity contribution in [3.05, 3.63) is 81.2 Å². The van der Waals surface area contributed by atoms with E-state index in [1.165, 1.54) is 36.3 Å². The van der Waals surface area contributed by atoms with E-state index in [1.54, 1.807) is 24.3 Å². The number of aliphatic hydroxyl groups is 2. The molecule has 0 aliphatic heterocycles. The van der Waals surface area contributed by atoms with Gasteiger partial charge in [-0.15, -0.1) is 6.58 Å². The molecule has 2 aromatic carbocycles. The topological polar surface area (TPSA) is 125 Å². The first kappa shape index (κ1) is 31.2. The lowest BCUT2D eigenvalue weighted by Gasteiger charge is -2.40. The van der Waals surface area contributed by atoms with Gasteiger partial charge in [-0.3, -0.25) is 14.4 Å². The number of methoxy groups -OCH3 is 1. The molecule has 0 aromatic heterocycles. The standard InChI is InChI=1S/C29H32FIN2O7/c1-3-4-5-26(36)33(16-18-6-8-21(30)9-7-18)23-14-20(29(38)32-10-11-34)15-24(27(23)37)40-28-22(31)12-19(17-35)13-25(28)39-2/h3,6-9,12-13,15,17,23-24,27,34,37H,1,4-5,10-11,14,16H2,2H3,(H,32,38)/t23-,24+,27+/m1/s1. The summed E-state index contributed by atoms with van der Waals surface area (Å²) < 4.78 is 25.7. The molecule has 0 bridgehead atoms. The van der Waals surface area contributed by atoms with Crippen molar-refractivity contribution in [2.75, 3.05) is 20.3 Å². The fraction of sp³-hybridized carbons (Fsp3) is 0.345. The summed E-state index contributed by atoms with van der Waals surface area (Å²) in [6, 6.07) is 7.89. The molecule has 3 N–H and O–H groups in total. The van der Waals surface area contributed by atoms with Crippen LogP contribution in [0.15, 0.2) is 60.7 Å². The Hall–Kier alpha value is -3.29. The minimum absolute atomic E-state index is 0.0115. The minimum Gasteiger partial charge on any atom is -0.493 e. The quantitative estimate of drug-likeness (QED) is 0.171. The molecule has 2 aromatic rings. The highest BCUT2D eigenvalue weighted by Crippen LogP contribution is 2.37. The van der Waals surface area contributed by atoms with Crippen molar-refractivity contribution in [3.63, 3.8) is 0 Å². The number of halogens is 2. The molecular weight excluding hydrogens is 634 g/mol. The third kappa shape index (κ3) is 7.89. The Balaban J connectivity index is 2.04. The average Bonchev–Trinajstić information content (AvgIpc) is 2.96. The van der Waals surface area contributed by atoms with Crippen molar-refractivity contribution >= 4 is 40.7 Å². The maximum Gasteiger partial charge on any atom is 0.247 e. The number of aliphatic hydroxyl groups excluding tert-OH is 2. The van der Waals surface area contributed by atoms with Gasteiger partial charge in [0.2, 0.25) is 11.8 Å². The van der Waals surface area contributed by atoms with Crippen LogP contribution in [0.1, 0.15) is 35.2 Å². The lowest BCUT2D eigenvalue weighted by molar-refractivity contribution is -0.139. The van der Waals surface area contributed by atoms with Crippen LogP contribution in [0.4, 0.5) is 4.39 Å². The predicted molar refractivity (Wildman–Crippen MR) is 154 cm³/mol. The highest BCUT2D eigenvalue weighted by molar-refractivity contribution is 14.1. The van der Waals surface area contributed by atoms with E-state index in [9.17, 15) is 29.0 Å². The number of hydrogen-bond acceptors (Lipinski definition) is 7. The van der Waals surface area contributed by atoms with Gasteiger partial charge in [-0.05, 0) is 64.9 Å². The van der Waals surface area contributed by atoms with E-state index in [1.807, 2.05) is 22.6 Å². The molecule has 0 fully saturated rings. The summed E-state index contributed by atoms with van der Waals surface area (Å²) in [4.78, 5) is 39.2. The van der Waals surface area contributed by atoms with Crippen LogP contribution >= 0.6 is 22.6 Å². The number of benzene rings is 2. The van der Waals surface area contributed by atoms with Gasteiger partial charge in [0.1, 0.15) is 24.3 Å². The molecular formula is C29H32FIN2O7. The fourth-order valence-corrected chi connectivity index (χ4v) is 5.14. The van der Waals surface area contributed by atoms with E-state index in [0.29, 0.717) is 27.4 Å². The highest BCUT2D eigenvalue weighted by Gasteiger charge is 2.40. The number of nitrogens with one attached hydrogen (secondary N) is 1. The Bertz CT molecular complexity index is 1250.